The molecule has 3 heteroatoms. The van der Waals surface area contributed by atoms with Gasteiger partial charge in [0.05, 0.1) is 0 Å². The highest BCUT2D eigenvalue weighted by atomic mass is 16.3. The second-order valence-electron chi connectivity index (χ2n) is 4.94. The van der Waals surface area contributed by atoms with Crippen LogP contribution in [-0.4, -0.2) is 28.9 Å². The molecule has 0 heterocycles. The van der Waals surface area contributed by atoms with Crippen LogP contribution in [0.1, 0.15) is 56.3 Å². The van der Waals surface area contributed by atoms with Crippen molar-refractivity contribution in [3.05, 3.63) is 42.1 Å². The van der Waals surface area contributed by atoms with E-state index in [1.165, 1.54) is 0 Å². The molecule has 0 bridgehead atoms. The quantitative estimate of drug-likeness (QED) is 0.518. The van der Waals surface area contributed by atoms with Crippen molar-refractivity contribution in [2.24, 2.45) is 0 Å². The zero-order chi connectivity index (χ0) is 14.8. The van der Waals surface area contributed by atoms with E-state index in [1.54, 1.807) is 0 Å². The SMILES string of the molecule is CCN(CC)[C](O)CCCCCC(=O)c1ccccc1. The summed E-state index contributed by atoms with van der Waals surface area (Å²) in [5.41, 5.74) is 0.796. The zero-order valence-electron chi connectivity index (χ0n) is 12.6. The van der Waals surface area contributed by atoms with Gasteiger partial charge in [0.15, 0.2) is 12.0 Å². The fourth-order valence-electron chi connectivity index (χ4n) is 2.26. The lowest BCUT2D eigenvalue weighted by molar-refractivity contribution is 0.0976. The predicted octanol–water partition coefficient (Wildman–Crippen LogP) is 4.02. The minimum Gasteiger partial charge on any atom is -0.371 e. The Morgan fingerprint density at radius 2 is 1.60 bits per heavy atom. The maximum absolute atomic E-state index is 11.9. The molecule has 0 saturated carbocycles. The molecule has 0 amide bonds. The van der Waals surface area contributed by atoms with Gasteiger partial charge >= 0.3 is 0 Å². The van der Waals surface area contributed by atoms with Gasteiger partial charge in [0.1, 0.15) is 0 Å². The first kappa shape index (κ1) is 16.9. The number of carbonyl (C=O) groups is 1. The third-order valence-corrected chi connectivity index (χ3v) is 3.53. The van der Waals surface area contributed by atoms with Gasteiger partial charge in [0, 0.05) is 12.0 Å². The molecule has 0 aromatic heterocycles. The average Bonchev–Trinajstić information content (AvgIpc) is 2.49. The molecule has 0 atom stereocenters. The van der Waals surface area contributed by atoms with Crippen LogP contribution >= 0.6 is 0 Å². The predicted molar refractivity (Wildman–Crippen MR) is 82.0 cm³/mol. The molecule has 20 heavy (non-hydrogen) atoms. The van der Waals surface area contributed by atoms with Gasteiger partial charge in [0.25, 0.3) is 0 Å². The minimum atomic E-state index is 0.211. The number of unbranched alkanes of at least 4 members (excludes halogenated alkanes) is 2. The minimum absolute atomic E-state index is 0.211. The fraction of sp³-hybridized carbons (Fsp3) is 0.529. The normalized spacial score (nSPS) is 11.2. The Labute approximate surface area is 122 Å². The molecule has 0 aliphatic rings. The van der Waals surface area contributed by atoms with Crippen molar-refractivity contribution in [2.45, 2.75) is 46.0 Å². The molecule has 1 aromatic carbocycles. The van der Waals surface area contributed by atoms with E-state index in [-0.39, 0.29) is 5.78 Å². The van der Waals surface area contributed by atoms with Crippen molar-refractivity contribution in [3.8, 4) is 0 Å². The third-order valence-electron chi connectivity index (χ3n) is 3.53. The first-order valence-electron chi connectivity index (χ1n) is 7.57. The number of aliphatic hydroxyl groups is 1. The number of rotatable bonds is 10. The van der Waals surface area contributed by atoms with E-state index < -0.39 is 0 Å². The van der Waals surface area contributed by atoms with Crippen molar-refractivity contribution in [1.29, 1.82) is 0 Å². The standard InChI is InChI=1S/C17H26NO2/c1-3-18(4-2)17(20)14-10-6-9-13-16(19)15-11-7-5-8-12-15/h5,7-8,11-12,20H,3-4,6,9-10,13-14H2,1-2H3. The number of aliphatic hydroxyl groups excluding tert-OH is 1. The molecule has 0 unspecified atom stereocenters. The Hall–Kier alpha value is -1.19. The summed E-state index contributed by atoms with van der Waals surface area (Å²) in [6.45, 7) is 5.76. The number of nitrogens with zero attached hydrogens (tertiary/aromatic N) is 1. The zero-order valence-corrected chi connectivity index (χ0v) is 12.6. The molecule has 1 rings (SSSR count). The van der Waals surface area contributed by atoms with Gasteiger partial charge in [0.2, 0.25) is 0 Å². The van der Waals surface area contributed by atoms with Crippen molar-refractivity contribution in [3.63, 3.8) is 0 Å². The number of benzene rings is 1. The lowest BCUT2D eigenvalue weighted by atomic mass is 10.0. The summed E-state index contributed by atoms with van der Waals surface area (Å²) < 4.78 is 0. The maximum Gasteiger partial charge on any atom is 0.162 e. The van der Waals surface area contributed by atoms with E-state index in [1.807, 2.05) is 49.1 Å². The molecule has 1 N–H and O–H groups in total. The van der Waals surface area contributed by atoms with Gasteiger partial charge in [-0.3, -0.25) is 9.69 Å². The molecule has 0 aliphatic heterocycles. The highest BCUT2D eigenvalue weighted by molar-refractivity contribution is 5.95. The monoisotopic (exact) mass is 276 g/mol. The van der Waals surface area contributed by atoms with Crippen LogP contribution in [0.5, 0.6) is 0 Å². The molecule has 0 fully saturated rings. The van der Waals surface area contributed by atoms with Gasteiger partial charge in [-0.1, -0.05) is 50.6 Å². The van der Waals surface area contributed by atoms with E-state index in [0.717, 1.165) is 37.9 Å². The third kappa shape index (κ3) is 5.85. The number of Topliss-reactive ketones (excluding diaryl/α,β-unsaturated/α-hetero) is 1. The van der Waals surface area contributed by atoms with E-state index >= 15 is 0 Å². The highest BCUT2D eigenvalue weighted by Crippen LogP contribution is 2.15. The van der Waals surface area contributed by atoms with Gasteiger partial charge < -0.3 is 5.11 Å². The molecular formula is C17H26NO2. The molecule has 0 aliphatic carbocycles. The molecule has 1 aromatic rings. The van der Waals surface area contributed by atoms with E-state index in [9.17, 15) is 9.90 Å². The molecule has 0 spiro atoms. The molecule has 0 saturated heterocycles. The Morgan fingerprint density at radius 1 is 1.00 bits per heavy atom. The van der Waals surface area contributed by atoms with Gasteiger partial charge in [-0.05, 0) is 32.4 Å². The van der Waals surface area contributed by atoms with Crippen LogP contribution in [0.4, 0.5) is 0 Å². The van der Waals surface area contributed by atoms with Crippen LogP contribution in [0.3, 0.4) is 0 Å². The number of hydrogen-bond donors (Lipinski definition) is 1. The highest BCUT2D eigenvalue weighted by Gasteiger charge is 2.12. The fourth-order valence-corrected chi connectivity index (χ4v) is 2.26. The molecule has 1 radical (unpaired) electrons. The smallest absolute Gasteiger partial charge is 0.162 e. The molecule has 3 nitrogen and oxygen atoms in total. The van der Waals surface area contributed by atoms with Crippen molar-refractivity contribution < 1.29 is 9.90 Å². The van der Waals surface area contributed by atoms with Gasteiger partial charge in [-0.15, -0.1) is 0 Å². The summed E-state index contributed by atoms with van der Waals surface area (Å²) in [7, 11) is 0. The summed E-state index contributed by atoms with van der Waals surface area (Å²) in [6.07, 6.45) is 4.58. The largest absolute Gasteiger partial charge is 0.371 e. The number of ketones is 1. The van der Waals surface area contributed by atoms with Crippen LogP contribution < -0.4 is 0 Å². The first-order chi connectivity index (χ1) is 9.69. The summed E-state index contributed by atoms with van der Waals surface area (Å²) in [5, 5.41) is 9.87. The lowest BCUT2D eigenvalue weighted by Crippen LogP contribution is -2.28. The van der Waals surface area contributed by atoms with Crippen molar-refractivity contribution in [1.82, 2.24) is 4.90 Å². The first-order valence-corrected chi connectivity index (χ1v) is 7.57. The second kappa shape index (κ2) is 9.67. The Bertz CT molecular complexity index is 374. The summed E-state index contributed by atoms with van der Waals surface area (Å²) >= 11 is 0. The number of hydrogen-bond acceptors (Lipinski definition) is 3. The van der Waals surface area contributed by atoms with Crippen LogP contribution in [0, 0.1) is 6.23 Å². The summed E-state index contributed by atoms with van der Waals surface area (Å²) in [5.74, 6) is 0.211. The summed E-state index contributed by atoms with van der Waals surface area (Å²) in [6, 6.07) is 9.43. The number of carbonyl (C=O) groups excluding carboxylic acids is 1. The topological polar surface area (TPSA) is 40.5 Å². The Balaban J connectivity index is 2.15. The van der Waals surface area contributed by atoms with Gasteiger partial charge in [-0.2, -0.15) is 0 Å². The van der Waals surface area contributed by atoms with E-state index in [4.69, 9.17) is 0 Å². The lowest BCUT2D eigenvalue weighted by Gasteiger charge is -2.23. The Morgan fingerprint density at radius 3 is 2.20 bits per heavy atom. The van der Waals surface area contributed by atoms with Gasteiger partial charge in [-0.25, -0.2) is 0 Å². The second-order valence-corrected chi connectivity index (χ2v) is 4.94. The van der Waals surface area contributed by atoms with Crippen molar-refractivity contribution in [2.75, 3.05) is 13.1 Å². The molecular weight excluding hydrogens is 250 g/mol. The summed E-state index contributed by atoms with van der Waals surface area (Å²) in [4.78, 5) is 13.8. The van der Waals surface area contributed by atoms with Crippen LogP contribution in [0.2, 0.25) is 0 Å². The average molecular weight is 276 g/mol. The maximum atomic E-state index is 11.9. The van der Waals surface area contributed by atoms with E-state index in [0.29, 0.717) is 19.1 Å². The Kier molecular flexibility index (Phi) is 8.16. The van der Waals surface area contributed by atoms with Crippen LogP contribution in [0.15, 0.2) is 30.3 Å². The van der Waals surface area contributed by atoms with Crippen LogP contribution in [-0.2, 0) is 0 Å². The molecule has 111 valence electrons. The van der Waals surface area contributed by atoms with Crippen LogP contribution in [0.25, 0.3) is 0 Å². The van der Waals surface area contributed by atoms with E-state index in [2.05, 4.69) is 0 Å². The van der Waals surface area contributed by atoms with Crippen molar-refractivity contribution >= 4 is 5.78 Å².